The number of nitrogens with zero attached hydrogens (tertiary/aromatic N) is 2. The lowest BCUT2D eigenvalue weighted by Crippen LogP contribution is -2.56. The Morgan fingerprint density at radius 2 is 1.78 bits per heavy atom. The van der Waals surface area contributed by atoms with Crippen molar-refractivity contribution in [2.45, 2.75) is 72.0 Å². The van der Waals surface area contributed by atoms with Crippen molar-refractivity contribution in [1.29, 1.82) is 0 Å². The molecular weight excluding hydrogens is 418 g/mol. The topological polar surface area (TPSA) is 35.6 Å². The number of fused-ring (bicyclic) bond motifs is 1. The monoisotopic (exact) mass is 453 g/mol. The molecule has 0 aliphatic carbocycles. The van der Waals surface area contributed by atoms with Crippen LogP contribution in [0.1, 0.15) is 69.2 Å². The third-order valence-corrected chi connectivity index (χ3v) is 6.41. The van der Waals surface area contributed by atoms with E-state index in [1.54, 1.807) is 0 Å². The average molecular weight is 454 g/mol. The molecule has 5 heteroatoms. The molecule has 1 fully saturated rings. The number of rotatable bonds is 7. The molecule has 1 N–H and O–H groups in total. The molecule has 2 aliphatic heterocycles. The molecule has 0 spiro atoms. The Bertz CT molecular complexity index is 925. The minimum absolute atomic E-state index is 0.00620. The summed E-state index contributed by atoms with van der Waals surface area (Å²) < 4.78 is 0. The second-order valence-corrected chi connectivity index (χ2v) is 8.78. The first-order chi connectivity index (χ1) is 15.6. The van der Waals surface area contributed by atoms with Gasteiger partial charge in [0.1, 0.15) is 5.70 Å². The minimum Gasteiger partial charge on any atom is -0.331 e. The van der Waals surface area contributed by atoms with Crippen LogP contribution in [-0.2, 0) is 11.3 Å². The van der Waals surface area contributed by atoms with Crippen molar-refractivity contribution in [3.05, 3.63) is 82.0 Å². The zero-order valence-electron chi connectivity index (χ0n) is 19.8. The van der Waals surface area contributed by atoms with E-state index in [1.807, 2.05) is 49.1 Å². The summed E-state index contributed by atoms with van der Waals surface area (Å²) in [6.07, 6.45) is 6.73. The quantitative estimate of drug-likeness (QED) is 0.492. The predicted octanol–water partition coefficient (Wildman–Crippen LogP) is 6.41. The summed E-state index contributed by atoms with van der Waals surface area (Å²) in [7, 11) is 0. The van der Waals surface area contributed by atoms with Crippen LogP contribution < -0.4 is 5.43 Å². The number of hydrogen-bond acceptors (Lipinski definition) is 3. The smallest absolute Gasteiger partial charge is 0.271 e. The average Bonchev–Trinajstić information content (AvgIpc) is 3.26. The third-order valence-electron chi connectivity index (χ3n) is 6.16. The fourth-order valence-corrected chi connectivity index (χ4v) is 4.50. The summed E-state index contributed by atoms with van der Waals surface area (Å²) in [6.45, 7) is 9.74. The van der Waals surface area contributed by atoms with Gasteiger partial charge in [0.05, 0.1) is 12.1 Å². The number of halogens is 1. The molecule has 1 saturated heterocycles. The summed E-state index contributed by atoms with van der Waals surface area (Å²) in [5, 5.41) is 2.85. The van der Waals surface area contributed by atoms with Crippen LogP contribution in [0.3, 0.4) is 0 Å². The second-order valence-electron chi connectivity index (χ2n) is 8.34. The van der Waals surface area contributed by atoms with Crippen molar-refractivity contribution in [3.63, 3.8) is 0 Å². The molecule has 4 rings (SSSR count). The highest BCUT2D eigenvalue weighted by molar-refractivity contribution is 6.30. The van der Waals surface area contributed by atoms with E-state index >= 15 is 0 Å². The molecular formula is C27H36ClN3O. The minimum atomic E-state index is -0.00620. The molecule has 4 nitrogen and oxygen atoms in total. The molecule has 0 bridgehead atoms. The van der Waals surface area contributed by atoms with Gasteiger partial charge in [-0.25, -0.2) is 5.43 Å². The molecule has 2 heterocycles. The third kappa shape index (κ3) is 5.54. The van der Waals surface area contributed by atoms with E-state index in [2.05, 4.69) is 48.6 Å². The zero-order valence-corrected chi connectivity index (χ0v) is 20.5. The van der Waals surface area contributed by atoms with Crippen LogP contribution in [0.4, 0.5) is 0 Å². The van der Waals surface area contributed by atoms with Crippen molar-refractivity contribution in [3.8, 4) is 0 Å². The molecule has 32 heavy (non-hydrogen) atoms. The molecule has 2 aromatic carbocycles. The summed E-state index contributed by atoms with van der Waals surface area (Å²) in [6, 6.07) is 16.5. The molecule has 0 saturated carbocycles. The van der Waals surface area contributed by atoms with E-state index in [1.165, 1.54) is 30.4 Å². The van der Waals surface area contributed by atoms with Crippen LogP contribution in [0, 0.1) is 6.92 Å². The molecule has 0 aromatic heterocycles. The highest BCUT2D eigenvalue weighted by Crippen LogP contribution is 2.33. The maximum atomic E-state index is 13.4. The number of carbonyl (C=O) groups excluding carboxylic acids is 1. The fourth-order valence-electron chi connectivity index (χ4n) is 4.37. The first-order valence-corrected chi connectivity index (χ1v) is 12.3. The number of aryl methyl sites for hydroxylation is 1. The number of hydrogen-bond donors (Lipinski definition) is 1. The molecule has 1 amide bonds. The van der Waals surface area contributed by atoms with Gasteiger partial charge in [-0.05, 0) is 48.2 Å². The maximum Gasteiger partial charge on any atom is 0.271 e. The van der Waals surface area contributed by atoms with Gasteiger partial charge < -0.3 is 4.90 Å². The van der Waals surface area contributed by atoms with E-state index in [0.717, 1.165) is 29.2 Å². The highest BCUT2D eigenvalue weighted by Gasteiger charge is 2.40. The molecule has 0 radical (unpaired) electrons. The Morgan fingerprint density at radius 1 is 1.06 bits per heavy atom. The number of piperazine rings is 1. The maximum absolute atomic E-state index is 13.4. The van der Waals surface area contributed by atoms with Gasteiger partial charge in [-0.1, -0.05) is 88.0 Å². The standard InChI is InChI=1S/C25H30ClN3O.C2H6/c1-3-4-5-10-22-17-28(16-20-9-7-6-8-18(20)2)25(30)24-15-23(27-29(22)24)19-11-13-21(26)14-12-19;1-2/h6-9,11-15,22-23,27H,3-5,10,16-17H2,1-2H3;1-2H3. The SMILES string of the molecule is CC.CCCCCC1CN(Cc2ccccc2C)C(=O)C2=CC(c3ccc(Cl)cc3)NN21. The van der Waals surface area contributed by atoms with Crippen LogP contribution in [0.5, 0.6) is 0 Å². The lowest BCUT2D eigenvalue weighted by Gasteiger charge is -2.42. The fraction of sp³-hybridized carbons (Fsp3) is 0.444. The van der Waals surface area contributed by atoms with Crippen molar-refractivity contribution in [2.75, 3.05) is 6.54 Å². The van der Waals surface area contributed by atoms with Crippen LogP contribution in [0.25, 0.3) is 0 Å². The number of benzene rings is 2. The van der Waals surface area contributed by atoms with Gasteiger partial charge in [0.2, 0.25) is 0 Å². The van der Waals surface area contributed by atoms with Crippen LogP contribution in [0.2, 0.25) is 5.02 Å². The summed E-state index contributed by atoms with van der Waals surface area (Å²) in [4.78, 5) is 15.4. The van der Waals surface area contributed by atoms with E-state index in [-0.39, 0.29) is 18.0 Å². The van der Waals surface area contributed by atoms with Crippen LogP contribution in [0.15, 0.2) is 60.3 Å². The van der Waals surface area contributed by atoms with Crippen LogP contribution >= 0.6 is 11.6 Å². The van der Waals surface area contributed by atoms with Crippen molar-refractivity contribution >= 4 is 17.5 Å². The molecule has 2 aliphatic rings. The second kappa shape index (κ2) is 11.5. The zero-order chi connectivity index (χ0) is 23.1. The number of hydrazine groups is 1. The molecule has 172 valence electrons. The number of carbonyl (C=O) groups is 1. The lowest BCUT2D eigenvalue weighted by atomic mass is 10.0. The van der Waals surface area contributed by atoms with Gasteiger partial charge in [-0.3, -0.25) is 9.80 Å². The van der Waals surface area contributed by atoms with Gasteiger partial charge in [0.15, 0.2) is 0 Å². The van der Waals surface area contributed by atoms with Crippen molar-refractivity contribution in [2.24, 2.45) is 0 Å². The Hall–Kier alpha value is -2.30. The molecule has 2 aromatic rings. The largest absolute Gasteiger partial charge is 0.331 e. The number of unbranched alkanes of at least 4 members (excludes halogenated alkanes) is 2. The first-order valence-electron chi connectivity index (χ1n) is 11.9. The van der Waals surface area contributed by atoms with Crippen molar-refractivity contribution in [1.82, 2.24) is 15.3 Å². The van der Waals surface area contributed by atoms with Crippen LogP contribution in [-0.4, -0.2) is 28.4 Å². The molecule has 2 atom stereocenters. The van der Waals surface area contributed by atoms with E-state index < -0.39 is 0 Å². The Kier molecular flexibility index (Phi) is 8.77. The van der Waals surface area contributed by atoms with Gasteiger partial charge in [-0.2, -0.15) is 0 Å². The van der Waals surface area contributed by atoms with E-state index in [4.69, 9.17) is 11.6 Å². The Labute approximate surface area is 198 Å². The Balaban J connectivity index is 0.00000141. The van der Waals surface area contributed by atoms with Crippen molar-refractivity contribution < 1.29 is 4.79 Å². The number of amides is 1. The van der Waals surface area contributed by atoms with Gasteiger partial charge in [-0.15, -0.1) is 0 Å². The van der Waals surface area contributed by atoms with Gasteiger partial charge in [0.25, 0.3) is 5.91 Å². The number of nitrogens with one attached hydrogen (secondary N) is 1. The Morgan fingerprint density at radius 3 is 2.47 bits per heavy atom. The molecule has 2 unspecified atom stereocenters. The predicted molar refractivity (Wildman–Crippen MR) is 133 cm³/mol. The van der Waals surface area contributed by atoms with E-state index in [9.17, 15) is 4.79 Å². The summed E-state index contributed by atoms with van der Waals surface area (Å²) in [5.41, 5.74) is 7.92. The van der Waals surface area contributed by atoms with Gasteiger partial charge >= 0.3 is 0 Å². The summed E-state index contributed by atoms with van der Waals surface area (Å²) in [5.74, 6) is 0.106. The first kappa shape index (κ1) is 24.3. The van der Waals surface area contributed by atoms with Gasteiger partial charge in [0, 0.05) is 18.1 Å². The lowest BCUT2D eigenvalue weighted by molar-refractivity contribution is -0.135. The normalized spacial score (nSPS) is 19.9. The highest BCUT2D eigenvalue weighted by atomic mass is 35.5. The summed E-state index contributed by atoms with van der Waals surface area (Å²) >= 11 is 6.06. The van der Waals surface area contributed by atoms with E-state index in [0.29, 0.717) is 6.54 Å².